The van der Waals surface area contributed by atoms with Crippen molar-refractivity contribution in [3.05, 3.63) is 0 Å². The molecule has 1 N–H and O–H groups in total. The van der Waals surface area contributed by atoms with Crippen LogP contribution in [0.5, 0.6) is 0 Å². The van der Waals surface area contributed by atoms with E-state index in [1.54, 1.807) is 0 Å². The van der Waals surface area contributed by atoms with Crippen molar-refractivity contribution in [2.24, 2.45) is 0 Å². The predicted molar refractivity (Wildman–Crippen MR) is 132 cm³/mol. The second kappa shape index (κ2) is 21.7. The molecule has 0 heterocycles. The van der Waals surface area contributed by atoms with Gasteiger partial charge in [-0.15, -0.1) is 0 Å². The molecule has 0 atom stereocenters. The maximum absolute atomic E-state index is 10.5. The van der Waals surface area contributed by atoms with Crippen molar-refractivity contribution in [1.82, 2.24) is 0 Å². The Hall–Kier alpha value is -0.570. The molecule has 0 fully saturated rings. The summed E-state index contributed by atoms with van der Waals surface area (Å²) in [5.74, 6) is -0.650. The van der Waals surface area contributed by atoms with E-state index >= 15 is 0 Å². The van der Waals surface area contributed by atoms with Gasteiger partial charge in [-0.1, -0.05) is 97.8 Å². The molecule has 0 spiro atoms. The zero-order chi connectivity index (χ0) is 22.3. The first-order valence-corrected chi connectivity index (χ1v) is 13.7. The van der Waals surface area contributed by atoms with Crippen LogP contribution in [0.15, 0.2) is 0 Å². The quantitative estimate of drug-likeness (QED) is 0.124. The fourth-order valence-electron chi connectivity index (χ4n) is 4.64. The van der Waals surface area contributed by atoms with Crippen LogP contribution >= 0.6 is 0 Å². The van der Waals surface area contributed by atoms with Crippen molar-refractivity contribution in [2.45, 2.75) is 143 Å². The van der Waals surface area contributed by atoms with Crippen LogP contribution in [0.2, 0.25) is 0 Å². The van der Waals surface area contributed by atoms with E-state index in [2.05, 4.69) is 20.8 Å². The van der Waals surface area contributed by atoms with E-state index in [-0.39, 0.29) is 0 Å². The van der Waals surface area contributed by atoms with Crippen molar-refractivity contribution >= 4 is 5.97 Å². The van der Waals surface area contributed by atoms with Crippen LogP contribution in [-0.2, 0) is 4.79 Å². The number of aliphatic carboxylic acids is 1. The van der Waals surface area contributed by atoms with Crippen LogP contribution in [0.1, 0.15) is 143 Å². The van der Waals surface area contributed by atoms with Crippen LogP contribution in [-0.4, -0.2) is 41.7 Å². The zero-order valence-corrected chi connectivity index (χ0v) is 21.1. The van der Waals surface area contributed by atoms with E-state index < -0.39 is 5.97 Å². The summed E-state index contributed by atoms with van der Waals surface area (Å²) < 4.78 is 1.40. The van der Waals surface area contributed by atoms with Crippen molar-refractivity contribution in [1.29, 1.82) is 0 Å². The Labute approximate surface area is 189 Å². The molecular weight excluding hydrogens is 370 g/mol. The molecule has 0 aliphatic heterocycles. The second-order valence-corrected chi connectivity index (χ2v) is 9.68. The SMILES string of the molecule is CCCC[N+](CCCC)(CCCC)CCCCCCCCCCCCCCC(=O)O. The summed E-state index contributed by atoms with van der Waals surface area (Å²) in [7, 11) is 0. The molecule has 0 aromatic rings. The minimum atomic E-state index is -0.650. The zero-order valence-electron chi connectivity index (χ0n) is 21.1. The van der Waals surface area contributed by atoms with Crippen molar-refractivity contribution in [3.8, 4) is 0 Å². The third-order valence-electron chi connectivity index (χ3n) is 6.73. The van der Waals surface area contributed by atoms with Crippen molar-refractivity contribution in [3.63, 3.8) is 0 Å². The second-order valence-electron chi connectivity index (χ2n) is 9.68. The lowest BCUT2D eigenvalue weighted by Crippen LogP contribution is -2.50. The average molecular weight is 427 g/mol. The van der Waals surface area contributed by atoms with Gasteiger partial charge in [0.05, 0.1) is 26.2 Å². The molecule has 30 heavy (non-hydrogen) atoms. The first kappa shape index (κ1) is 29.4. The number of hydrogen-bond donors (Lipinski definition) is 1. The molecule has 3 nitrogen and oxygen atoms in total. The van der Waals surface area contributed by atoms with Gasteiger partial charge < -0.3 is 9.59 Å². The molecule has 0 aromatic carbocycles. The molecular formula is C27H56NO2+. The molecule has 0 bridgehead atoms. The summed E-state index contributed by atoms with van der Waals surface area (Å²) in [6, 6.07) is 0. The lowest BCUT2D eigenvalue weighted by molar-refractivity contribution is -0.929. The summed E-state index contributed by atoms with van der Waals surface area (Å²) in [6.07, 6.45) is 24.1. The summed E-state index contributed by atoms with van der Waals surface area (Å²) >= 11 is 0. The van der Waals surface area contributed by atoms with Gasteiger partial charge in [0.15, 0.2) is 0 Å². The smallest absolute Gasteiger partial charge is 0.303 e. The predicted octanol–water partition coefficient (Wildman–Crippen LogP) is 8.36. The van der Waals surface area contributed by atoms with Gasteiger partial charge in [-0.3, -0.25) is 4.79 Å². The Morgan fingerprint density at radius 2 is 0.800 bits per heavy atom. The standard InChI is InChI=1S/C27H55NO2/c1-4-7-23-28(24-8-5-2,25-9-6-3)26-21-19-17-15-13-11-10-12-14-16-18-20-22-27(29)30/h4-26H2,1-3H3/p+1. The maximum atomic E-state index is 10.5. The van der Waals surface area contributed by atoms with Crippen LogP contribution in [0.4, 0.5) is 0 Å². The lowest BCUT2D eigenvalue weighted by Gasteiger charge is -2.39. The number of quaternary nitrogens is 1. The Balaban J connectivity index is 3.78. The van der Waals surface area contributed by atoms with E-state index in [0.717, 1.165) is 12.8 Å². The van der Waals surface area contributed by atoms with Crippen LogP contribution < -0.4 is 0 Å². The van der Waals surface area contributed by atoms with Crippen LogP contribution in [0.3, 0.4) is 0 Å². The fraction of sp³-hybridized carbons (Fsp3) is 0.963. The largest absolute Gasteiger partial charge is 0.481 e. The van der Waals surface area contributed by atoms with Gasteiger partial charge in [0, 0.05) is 6.42 Å². The topological polar surface area (TPSA) is 37.3 Å². The third-order valence-corrected chi connectivity index (χ3v) is 6.73. The first-order chi connectivity index (χ1) is 14.6. The van der Waals surface area contributed by atoms with Gasteiger partial charge in [0.25, 0.3) is 0 Å². The minimum Gasteiger partial charge on any atom is -0.481 e. The monoisotopic (exact) mass is 426 g/mol. The Kier molecular flexibility index (Phi) is 21.2. The number of carbonyl (C=O) groups is 1. The van der Waals surface area contributed by atoms with Gasteiger partial charge in [0.2, 0.25) is 0 Å². The fourth-order valence-corrected chi connectivity index (χ4v) is 4.64. The highest BCUT2D eigenvalue weighted by molar-refractivity contribution is 5.66. The van der Waals surface area contributed by atoms with E-state index in [1.807, 2.05) is 0 Å². The van der Waals surface area contributed by atoms with E-state index in [4.69, 9.17) is 5.11 Å². The summed E-state index contributed by atoms with van der Waals surface area (Å²) in [6.45, 7) is 12.7. The molecule has 0 aliphatic carbocycles. The molecule has 180 valence electrons. The van der Waals surface area contributed by atoms with Crippen molar-refractivity contribution < 1.29 is 14.4 Å². The van der Waals surface area contributed by atoms with E-state index in [1.165, 1.54) is 133 Å². The summed E-state index contributed by atoms with van der Waals surface area (Å²) in [4.78, 5) is 10.5. The highest BCUT2D eigenvalue weighted by Gasteiger charge is 2.24. The molecule has 0 aliphatic rings. The lowest BCUT2D eigenvalue weighted by atomic mass is 10.0. The van der Waals surface area contributed by atoms with Gasteiger partial charge in [0.1, 0.15) is 0 Å². The summed E-state index contributed by atoms with van der Waals surface area (Å²) in [5, 5.41) is 8.63. The highest BCUT2D eigenvalue weighted by atomic mass is 16.4. The van der Waals surface area contributed by atoms with Gasteiger partial charge in [-0.2, -0.15) is 0 Å². The minimum absolute atomic E-state index is 0.343. The van der Waals surface area contributed by atoms with Crippen LogP contribution in [0, 0.1) is 0 Å². The molecule has 0 amide bonds. The molecule has 0 saturated heterocycles. The highest BCUT2D eigenvalue weighted by Crippen LogP contribution is 2.18. The normalized spacial score (nSPS) is 11.8. The van der Waals surface area contributed by atoms with Gasteiger partial charge in [-0.25, -0.2) is 0 Å². The molecule has 0 unspecified atom stereocenters. The number of carboxylic acids is 1. The van der Waals surface area contributed by atoms with Crippen LogP contribution in [0.25, 0.3) is 0 Å². The number of unbranched alkanes of at least 4 members (excludes halogenated alkanes) is 14. The number of hydrogen-bond acceptors (Lipinski definition) is 1. The van der Waals surface area contributed by atoms with Crippen molar-refractivity contribution in [2.75, 3.05) is 26.2 Å². The average Bonchev–Trinajstić information content (AvgIpc) is 2.74. The molecule has 0 aromatic heterocycles. The summed E-state index contributed by atoms with van der Waals surface area (Å²) in [5.41, 5.74) is 0. The Morgan fingerprint density at radius 3 is 1.13 bits per heavy atom. The molecule has 0 saturated carbocycles. The Morgan fingerprint density at radius 1 is 0.500 bits per heavy atom. The molecule has 0 radical (unpaired) electrons. The number of carboxylic acid groups (broad SMARTS) is 1. The van der Waals surface area contributed by atoms with E-state index in [0.29, 0.717) is 6.42 Å². The first-order valence-electron chi connectivity index (χ1n) is 13.7. The Bertz CT molecular complexity index is 348. The third kappa shape index (κ3) is 18.2. The number of rotatable bonds is 24. The number of nitrogens with zero attached hydrogens (tertiary/aromatic N) is 1. The van der Waals surface area contributed by atoms with E-state index in [9.17, 15) is 4.79 Å². The maximum Gasteiger partial charge on any atom is 0.303 e. The molecule has 0 rings (SSSR count). The van der Waals surface area contributed by atoms with Gasteiger partial charge in [-0.05, 0) is 38.5 Å². The van der Waals surface area contributed by atoms with Gasteiger partial charge >= 0.3 is 5.97 Å². The molecule has 3 heteroatoms.